The van der Waals surface area contributed by atoms with E-state index in [0.717, 1.165) is 42.8 Å². The van der Waals surface area contributed by atoms with Crippen molar-refractivity contribution >= 4 is 56.1 Å². The molecule has 0 amide bonds. The molecule has 3 N–H and O–H groups in total. The minimum atomic E-state index is -0.241. The molecule has 8 heterocycles. The summed E-state index contributed by atoms with van der Waals surface area (Å²) in [5.74, 6) is 0.132. The Balaban J connectivity index is 0.000000358. The van der Waals surface area contributed by atoms with Crippen molar-refractivity contribution in [2.45, 2.75) is 44.7 Å². The van der Waals surface area contributed by atoms with E-state index in [4.69, 9.17) is 9.47 Å². The summed E-state index contributed by atoms with van der Waals surface area (Å²) in [4.78, 5) is 33.1. The number of piperidine rings is 2. The second-order valence-corrected chi connectivity index (χ2v) is 11.6. The molecule has 0 spiro atoms. The van der Waals surface area contributed by atoms with E-state index in [0.29, 0.717) is 46.5 Å². The third-order valence-corrected chi connectivity index (χ3v) is 8.29. The number of halogens is 2. The number of nitrogens with zero attached hydrogens (tertiary/aromatic N) is 5. The van der Waals surface area contributed by atoms with E-state index in [-0.39, 0.29) is 77.7 Å². The molecule has 2 aromatic heterocycles. The summed E-state index contributed by atoms with van der Waals surface area (Å²) < 4.78 is 14.4. The van der Waals surface area contributed by atoms with Crippen LogP contribution in [-0.4, -0.2) is 79.9 Å². The number of aromatic hydroxyl groups is 2. The van der Waals surface area contributed by atoms with E-state index < -0.39 is 0 Å². The van der Waals surface area contributed by atoms with E-state index in [1.54, 1.807) is 26.2 Å². The maximum Gasteiger partial charge on any atom is 2.00 e. The Morgan fingerprint density at radius 1 is 0.804 bits per heavy atom. The van der Waals surface area contributed by atoms with Gasteiger partial charge in [0, 0.05) is 69.3 Å². The van der Waals surface area contributed by atoms with Gasteiger partial charge in [-0.05, 0) is 18.2 Å². The van der Waals surface area contributed by atoms with Crippen molar-refractivity contribution in [3.05, 3.63) is 76.7 Å². The standard InChI is InChI=1S/C14H15N3O3.C9H7BrN2O2.C5H9NO.CH4.2CH3.ClH.Pd/c1-16-13(19)5-15-11-2-8(3-12(18)14(11)16)17-6-9-4-10(7-17)20-9;1-12-8(14)4-11-6-2-5(10)3-7(13)9(6)12;1-4-2-6-3-5(1)7-4;;;;;/h2-3,5,9-10,18H,4,6-7H2,1H3;2-4,13H,1H3;4-6H,1-3H2;1H4;2*1H3;1H;/q;;;;2*-1;;+2. The average Bonchev–Trinajstić information content (AvgIpc) is 2.93. The van der Waals surface area contributed by atoms with Gasteiger partial charge in [-0.1, -0.05) is 23.4 Å². The Kier molecular flexibility index (Phi) is 15.3. The van der Waals surface area contributed by atoms with E-state index >= 15 is 0 Å². The normalized spacial score (nSPS) is 21.3. The number of fused-ring (bicyclic) bond motifs is 6. The number of ether oxygens (including phenoxy) is 2. The Hall–Kier alpha value is -2.57. The number of hydrogen-bond acceptors (Lipinski definition) is 10. The molecule has 6 saturated heterocycles. The largest absolute Gasteiger partial charge is 2.00 e. The first-order valence-electron chi connectivity index (χ1n) is 13.5. The predicted octanol–water partition coefficient (Wildman–Crippen LogP) is 3.72. The molecule has 4 atom stereocenters. The van der Waals surface area contributed by atoms with Gasteiger partial charge in [0.05, 0.1) is 47.8 Å². The number of phenolic OH excluding ortho intramolecular Hbond substituents is 2. The first kappa shape index (κ1) is 41.5. The van der Waals surface area contributed by atoms with Gasteiger partial charge in [-0.2, -0.15) is 0 Å². The van der Waals surface area contributed by atoms with Crippen molar-refractivity contribution in [3.8, 4) is 11.5 Å². The zero-order valence-corrected chi connectivity index (χ0v) is 29.3. The van der Waals surface area contributed by atoms with Crippen LogP contribution in [-0.2, 0) is 44.0 Å². The molecule has 0 radical (unpaired) electrons. The van der Waals surface area contributed by atoms with E-state index in [9.17, 15) is 19.8 Å². The molecule has 46 heavy (non-hydrogen) atoms. The molecule has 0 saturated carbocycles. The maximum absolute atomic E-state index is 11.6. The smallest absolute Gasteiger partial charge is 0.506 e. The van der Waals surface area contributed by atoms with Gasteiger partial charge in [0.15, 0.2) is 0 Å². The van der Waals surface area contributed by atoms with E-state index in [1.165, 1.54) is 34.0 Å². The second kappa shape index (κ2) is 17.0. The average molecular weight is 816 g/mol. The zero-order chi connectivity index (χ0) is 28.8. The van der Waals surface area contributed by atoms with Gasteiger partial charge in [0.1, 0.15) is 22.5 Å². The minimum Gasteiger partial charge on any atom is -0.506 e. The van der Waals surface area contributed by atoms with Crippen molar-refractivity contribution in [1.82, 2.24) is 24.4 Å². The van der Waals surface area contributed by atoms with Gasteiger partial charge < -0.3 is 53.9 Å². The summed E-state index contributed by atoms with van der Waals surface area (Å²) in [7, 11) is 3.23. The molecule has 4 aromatic rings. The van der Waals surface area contributed by atoms with Crippen LogP contribution in [0.15, 0.2) is 50.7 Å². The molecule has 256 valence electrons. The van der Waals surface area contributed by atoms with Crippen LogP contribution >= 0.6 is 28.3 Å². The summed E-state index contributed by atoms with van der Waals surface area (Å²) in [5.41, 5.74) is 2.59. The summed E-state index contributed by atoms with van der Waals surface area (Å²) >= 11 is 3.24. The van der Waals surface area contributed by atoms with Crippen LogP contribution in [0.1, 0.15) is 20.3 Å². The fourth-order valence-electron chi connectivity index (χ4n) is 5.66. The zero-order valence-electron chi connectivity index (χ0n) is 25.4. The molecule has 12 nitrogen and oxygen atoms in total. The molecule has 10 rings (SSSR count). The molecule has 6 fully saturated rings. The SMILES string of the molecule is C.C1NCC2CC1O2.Cl.Cn1c(=O)cnc2cc(Br)cc(O)c21.Cn1c(=O)cnc2cc(N3CC4CC(C3)O4)cc(O)c21.[CH3-].[CH3-].[Pd+2]. The number of aryl methyl sites for hydroxylation is 2. The predicted molar refractivity (Wildman–Crippen MR) is 183 cm³/mol. The van der Waals surface area contributed by atoms with Crippen LogP contribution in [0.3, 0.4) is 0 Å². The monoisotopic (exact) mass is 814 g/mol. The number of anilines is 1. The molecule has 6 aliphatic heterocycles. The van der Waals surface area contributed by atoms with Crippen LogP contribution in [0.2, 0.25) is 0 Å². The third kappa shape index (κ3) is 8.47. The summed E-state index contributed by atoms with van der Waals surface area (Å²) in [6, 6.07) is 6.89. The number of benzene rings is 2. The number of hydrogen-bond donors (Lipinski definition) is 3. The first-order valence-corrected chi connectivity index (χ1v) is 14.2. The fraction of sp³-hybridized carbons (Fsp3) is 0.419. The van der Waals surface area contributed by atoms with Crippen LogP contribution in [0.25, 0.3) is 22.1 Å². The number of morpholine rings is 2. The number of rotatable bonds is 1. The molecule has 4 bridgehead atoms. The number of nitrogens with one attached hydrogen (secondary N) is 1. The van der Waals surface area contributed by atoms with E-state index in [1.807, 2.05) is 6.07 Å². The third-order valence-electron chi connectivity index (χ3n) is 7.83. The van der Waals surface area contributed by atoms with Crippen LogP contribution < -0.4 is 21.3 Å². The van der Waals surface area contributed by atoms with Gasteiger partial charge in [-0.3, -0.25) is 9.59 Å². The molecule has 6 aliphatic rings. The maximum atomic E-state index is 11.6. The Bertz CT molecular complexity index is 1720. The molecule has 0 aliphatic carbocycles. The van der Waals surface area contributed by atoms with Crippen molar-refractivity contribution in [1.29, 1.82) is 0 Å². The topological polar surface area (TPSA) is 144 Å². The Morgan fingerprint density at radius 2 is 1.24 bits per heavy atom. The molecular formula is C31H42BrClN6O6Pd. The molecule has 4 unspecified atom stereocenters. The minimum absolute atomic E-state index is 0. The quantitative estimate of drug-likeness (QED) is 0.192. The van der Waals surface area contributed by atoms with Crippen LogP contribution in [0, 0.1) is 14.9 Å². The van der Waals surface area contributed by atoms with Crippen molar-refractivity contribution in [2.75, 3.05) is 31.1 Å². The number of phenols is 2. The van der Waals surface area contributed by atoms with Crippen LogP contribution in [0.4, 0.5) is 5.69 Å². The van der Waals surface area contributed by atoms with Gasteiger partial charge in [0.25, 0.3) is 11.1 Å². The van der Waals surface area contributed by atoms with Gasteiger partial charge in [0.2, 0.25) is 0 Å². The summed E-state index contributed by atoms with van der Waals surface area (Å²) in [6.45, 7) is 3.84. The Morgan fingerprint density at radius 3 is 1.67 bits per heavy atom. The van der Waals surface area contributed by atoms with Crippen molar-refractivity contribution in [2.24, 2.45) is 14.1 Å². The van der Waals surface area contributed by atoms with Crippen LogP contribution in [0.5, 0.6) is 11.5 Å². The van der Waals surface area contributed by atoms with Crippen molar-refractivity contribution in [3.63, 3.8) is 0 Å². The summed E-state index contributed by atoms with van der Waals surface area (Å²) in [5, 5.41) is 23.1. The number of aromatic nitrogens is 4. The Labute approximate surface area is 297 Å². The van der Waals surface area contributed by atoms with E-state index in [2.05, 4.69) is 36.1 Å². The summed E-state index contributed by atoms with van der Waals surface area (Å²) in [6.07, 6.45) is 6.68. The first-order chi connectivity index (χ1) is 19.7. The molecular weight excluding hydrogens is 774 g/mol. The second-order valence-electron chi connectivity index (χ2n) is 10.7. The van der Waals surface area contributed by atoms with Gasteiger partial charge >= 0.3 is 20.4 Å². The molecule has 15 heteroatoms. The van der Waals surface area contributed by atoms with Gasteiger partial charge in [-0.15, -0.1) is 12.4 Å². The van der Waals surface area contributed by atoms with Gasteiger partial charge in [-0.25, -0.2) is 9.97 Å². The van der Waals surface area contributed by atoms with Crippen molar-refractivity contribution < 1.29 is 40.1 Å². The molecule has 2 aromatic carbocycles. The fourth-order valence-corrected chi connectivity index (χ4v) is 6.09.